The molecule has 0 fully saturated rings. The second-order valence-corrected chi connectivity index (χ2v) is 6.05. The van der Waals surface area contributed by atoms with Crippen molar-refractivity contribution in [3.8, 4) is 0 Å². The maximum absolute atomic E-state index is 13.0. The van der Waals surface area contributed by atoms with E-state index < -0.39 is 0 Å². The number of amides is 1. The molecule has 2 aromatic carbocycles. The van der Waals surface area contributed by atoms with Crippen LogP contribution in [0.3, 0.4) is 0 Å². The molecule has 122 valence electrons. The van der Waals surface area contributed by atoms with Crippen molar-refractivity contribution in [3.05, 3.63) is 47.0 Å². The van der Waals surface area contributed by atoms with Gasteiger partial charge < -0.3 is 14.7 Å². The van der Waals surface area contributed by atoms with Crippen LogP contribution in [-0.2, 0) is 4.74 Å². The lowest BCUT2D eigenvalue weighted by Gasteiger charge is -2.17. The van der Waals surface area contributed by atoms with Crippen molar-refractivity contribution in [2.75, 3.05) is 31.3 Å². The number of fused-ring (bicyclic) bond motifs is 2. The molecule has 2 heterocycles. The minimum atomic E-state index is -0.0662. The maximum Gasteiger partial charge on any atom is 0.259 e. The van der Waals surface area contributed by atoms with Gasteiger partial charge in [0.2, 0.25) is 0 Å². The highest BCUT2D eigenvalue weighted by Gasteiger charge is 2.32. The Morgan fingerprint density at radius 3 is 2.88 bits per heavy atom. The molecule has 0 bridgehead atoms. The Morgan fingerprint density at radius 1 is 1.17 bits per heavy atom. The molecule has 0 radical (unpaired) electrons. The van der Waals surface area contributed by atoms with Gasteiger partial charge in [-0.3, -0.25) is 4.79 Å². The van der Waals surface area contributed by atoms with E-state index in [0.29, 0.717) is 23.7 Å². The number of aromatic nitrogens is 1. The summed E-state index contributed by atoms with van der Waals surface area (Å²) in [4.78, 5) is 19.4. The average Bonchev–Trinajstić information content (AvgIpc) is 2.87. The van der Waals surface area contributed by atoms with Crippen LogP contribution in [0.2, 0.25) is 5.02 Å². The van der Waals surface area contributed by atoms with Gasteiger partial charge in [-0.2, -0.15) is 0 Å². The molecule has 1 amide bonds. The number of rotatable bonds is 5. The van der Waals surface area contributed by atoms with Crippen LogP contribution in [0.25, 0.3) is 21.8 Å². The molecule has 1 aliphatic rings. The van der Waals surface area contributed by atoms with E-state index in [-0.39, 0.29) is 19.1 Å². The minimum absolute atomic E-state index is 0.0309. The Bertz CT molecular complexity index is 958. The smallest absolute Gasteiger partial charge is 0.259 e. The summed E-state index contributed by atoms with van der Waals surface area (Å²) in [5.41, 5.74) is 3.04. The summed E-state index contributed by atoms with van der Waals surface area (Å²) in [7, 11) is 0. The highest BCUT2D eigenvalue weighted by molar-refractivity contribution is 6.33. The van der Waals surface area contributed by atoms with E-state index >= 15 is 0 Å². The van der Waals surface area contributed by atoms with Gasteiger partial charge in [-0.05, 0) is 30.3 Å². The number of aliphatic hydroxyl groups is 1. The van der Waals surface area contributed by atoms with Gasteiger partial charge in [0, 0.05) is 22.3 Å². The molecule has 1 N–H and O–H groups in total. The first-order chi connectivity index (χ1) is 11.7. The average molecular weight is 343 g/mol. The molecule has 6 heteroatoms. The molecule has 3 aromatic rings. The number of hydrogen-bond acceptors (Lipinski definition) is 4. The van der Waals surface area contributed by atoms with Crippen molar-refractivity contribution < 1.29 is 14.6 Å². The summed E-state index contributed by atoms with van der Waals surface area (Å²) in [5.74, 6) is -0.0662. The van der Waals surface area contributed by atoms with Crippen molar-refractivity contribution in [1.82, 2.24) is 4.98 Å². The van der Waals surface area contributed by atoms with Gasteiger partial charge in [0.15, 0.2) is 0 Å². The van der Waals surface area contributed by atoms with Crippen LogP contribution in [0.5, 0.6) is 0 Å². The van der Waals surface area contributed by atoms with Crippen LogP contribution in [0.4, 0.5) is 5.69 Å². The van der Waals surface area contributed by atoms with Gasteiger partial charge in [0.25, 0.3) is 5.91 Å². The molecule has 5 nitrogen and oxygen atoms in total. The topological polar surface area (TPSA) is 62.7 Å². The molecule has 0 spiro atoms. The van der Waals surface area contributed by atoms with Gasteiger partial charge in [0.05, 0.1) is 42.1 Å². The molecule has 0 unspecified atom stereocenters. The lowest BCUT2D eigenvalue weighted by molar-refractivity contribution is 0.0892. The van der Waals surface area contributed by atoms with Gasteiger partial charge in [-0.15, -0.1) is 0 Å². The Kier molecular flexibility index (Phi) is 3.84. The summed E-state index contributed by atoms with van der Waals surface area (Å²) in [6.07, 6.45) is 0. The summed E-state index contributed by atoms with van der Waals surface area (Å²) in [5, 5.41) is 11.0. The minimum Gasteiger partial charge on any atom is -0.394 e. The zero-order valence-corrected chi connectivity index (χ0v) is 13.6. The van der Waals surface area contributed by atoms with E-state index in [4.69, 9.17) is 21.4 Å². The monoisotopic (exact) mass is 342 g/mol. The normalized spacial score (nSPS) is 13.4. The number of aliphatic hydroxyl groups excluding tert-OH is 1. The molecule has 1 aromatic heterocycles. The zero-order chi connectivity index (χ0) is 16.7. The second-order valence-electron chi connectivity index (χ2n) is 5.61. The lowest BCUT2D eigenvalue weighted by Crippen LogP contribution is -2.30. The fourth-order valence-electron chi connectivity index (χ4n) is 3.18. The fraction of sp³-hybridized carbons (Fsp3) is 0.222. The number of carbonyl (C=O) groups is 1. The Morgan fingerprint density at radius 2 is 2.04 bits per heavy atom. The largest absolute Gasteiger partial charge is 0.394 e. The number of pyridine rings is 1. The van der Waals surface area contributed by atoms with Crippen LogP contribution in [0, 0.1) is 0 Å². The van der Waals surface area contributed by atoms with E-state index in [9.17, 15) is 4.79 Å². The Labute approximate surface area is 143 Å². The Hall–Kier alpha value is -2.21. The van der Waals surface area contributed by atoms with E-state index in [1.807, 2.05) is 24.3 Å². The molecular weight excluding hydrogens is 328 g/mol. The highest BCUT2D eigenvalue weighted by atomic mass is 35.5. The van der Waals surface area contributed by atoms with E-state index in [1.165, 1.54) is 0 Å². The van der Waals surface area contributed by atoms with Crippen LogP contribution in [0.1, 0.15) is 10.4 Å². The quantitative estimate of drug-likeness (QED) is 0.572. The number of halogens is 1. The van der Waals surface area contributed by atoms with E-state index in [1.54, 1.807) is 17.0 Å². The SMILES string of the molecule is O=C1c2c3cc(Cl)ccc3nc3cccc(c23)N1CCOCCO. The molecule has 0 aliphatic carbocycles. The number of ether oxygens (including phenoxy) is 1. The van der Waals surface area contributed by atoms with Gasteiger partial charge in [-0.1, -0.05) is 17.7 Å². The van der Waals surface area contributed by atoms with Crippen LogP contribution < -0.4 is 4.90 Å². The van der Waals surface area contributed by atoms with Crippen LogP contribution >= 0.6 is 11.6 Å². The first-order valence-electron chi connectivity index (χ1n) is 7.73. The molecule has 0 saturated heterocycles. The van der Waals surface area contributed by atoms with Gasteiger partial charge in [-0.25, -0.2) is 4.98 Å². The maximum atomic E-state index is 13.0. The van der Waals surface area contributed by atoms with Crippen molar-refractivity contribution in [2.24, 2.45) is 0 Å². The standard InChI is InChI=1S/C18H15ClN2O3/c19-11-4-5-13-12(10-11)16-17-14(20-13)2-1-3-15(17)21(18(16)23)6-8-24-9-7-22/h1-5,10,22H,6-9H2. The number of nitrogens with zero attached hydrogens (tertiary/aromatic N) is 2. The van der Waals surface area contributed by atoms with Crippen molar-refractivity contribution in [3.63, 3.8) is 0 Å². The van der Waals surface area contributed by atoms with Gasteiger partial charge >= 0.3 is 0 Å². The van der Waals surface area contributed by atoms with E-state index in [0.717, 1.165) is 27.5 Å². The number of benzene rings is 2. The third-order valence-electron chi connectivity index (χ3n) is 4.18. The number of hydrogen-bond donors (Lipinski definition) is 1. The third kappa shape index (κ3) is 2.33. The van der Waals surface area contributed by atoms with Crippen molar-refractivity contribution in [2.45, 2.75) is 0 Å². The molecule has 4 rings (SSSR count). The zero-order valence-electron chi connectivity index (χ0n) is 12.8. The van der Waals surface area contributed by atoms with Gasteiger partial charge in [0.1, 0.15) is 0 Å². The first kappa shape index (κ1) is 15.3. The predicted octanol–water partition coefficient (Wildman–Crippen LogP) is 3.01. The number of anilines is 1. The summed E-state index contributed by atoms with van der Waals surface area (Å²) in [6, 6.07) is 11.1. The summed E-state index contributed by atoms with van der Waals surface area (Å²) < 4.78 is 5.31. The highest BCUT2D eigenvalue weighted by Crippen LogP contribution is 2.40. The first-order valence-corrected chi connectivity index (χ1v) is 8.11. The van der Waals surface area contributed by atoms with Crippen LogP contribution in [0.15, 0.2) is 36.4 Å². The summed E-state index contributed by atoms with van der Waals surface area (Å²) >= 11 is 6.12. The van der Waals surface area contributed by atoms with Crippen LogP contribution in [-0.4, -0.2) is 42.4 Å². The lowest BCUT2D eigenvalue weighted by atomic mass is 10.0. The molecule has 1 aliphatic heterocycles. The molecule has 24 heavy (non-hydrogen) atoms. The van der Waals surface area contributed by atoms with Crippen molar-refractivity contribution in [1.29, 1.82) is 0 Å². The van der Waals surface area contributed by atoms with Crippen molar-refractivity contribution >= 4 is 45.0 Å². The molecule has 0 saturated carbocycles. The fourth-order valence-corrected chi connectivity index (χ4v) is 3.36. The van der Waals surface area contributed by atoms with E-state index in [2.05, 4.69) is 4.98 Å². The second kappa shape index (κ2) is 6.02. The summed E-state index contributed by atoms with van der Waals surface area (Å²) in [6.45, 7) is 1.02. The predicted molar refractivity (Wildman–Crippen MR) is 93.8 cm³/mol. The third-order valence-corrected chi connectivity index (χ3v) is 4.42. The molecule has 0 atom stereocenters. The molecular formula is C18H15ClN2O3. The Balaban J connectivity index is 1.85. The number of carbonyl (C=O) groups excluding carboxylic acids is 1.